The lowest BCUT2D eigenvalue weighted by molar-refractivity contribution is 0.394. The second kappa shape index (κ2) is 7.15. The summed E-state index contributed by atoms with van der Waals surface area (Å²) in [6.45, 7) is 2.42. The van der Waals surface area contributed by atoms with Crippen molar-refractivity contribution in [1.29, 1.82) is 0 Å². The summed E-state index contributed by atoms with van der Waals surface area (Å²) in [5, 5.41) is 4.55. The molecule has 4 rings (SSSR count). The molecule has 0 unspecified atom stereocenters. The molecule has 140 valence electrons. The molecule has 0 saturated heterocycles. The van der Waals surface area contributed by atoms with E-state index in [2.05, 4.69) is 10.1 Å². The Morgan fingerprint density at radius 1 is 1.15 bits per heavy atom. The van der Waals surface area contributed by atoms with Crippen molar-refractivity contribution in [2.45, 2.75) is 45.7 Å². The number of aryl methyl sites for hydroxylation is 1. The van der Waals surface area contributed by atoms with Crippen LogP contribution in [0.5, 0.6) is 0 Å². The summed E-state index contributed by atoms with van der Waals surface area (Å²) in [6, 6.07) is 7.10. The summed E-state index contributed by atoms with van der Waals surface area (Å²) in [5.41, 5.74) is 1.21. The number of benzene rings is 1. The lowest BCUT2D eigenvalue weighted by Crippen LogP contribution is -2.42. The Balaban J connectivity index is 1.93. The molecular weight excluding hydrogens is 368 g/mol. The number of hydrogen-bond donors (Lipinski definition) is 0. The van der Waals surface area contributed by atoms with Gasteiger partial charge in [-0.1, -0.05) is 35.3 Å². The first kappa shape index (κ1) is 17.7. The van der Waals surface area contributed by atoms with Crippen molar-refractivity contribution in [1.82, 2.24) is 19.3 Å². The van der Waals surface area contributed by atoms with Gasteiger partial charge in [-0.2, -0.15) is 4.98 Å². The van der Waals surface area contributed by atoms with Crippen molar-refractivity contribution < 1.29 is 4.52 Å². The molecule has 0 spiro atoms. The van der Waals surface area contributed by atoms with Crippen LogP contribution in [-0.2, 0) is 19.5 Å². The topological polar surface area (TPSA) is 82.9 Å². The van der Waals surface area contributed by atoms with Crippen LogP contribution in [-0.4, -0.2) is 19.3 Å². The predicted octanol–water partition coefficient (Wildman–Crippen LogP) is 2.80. The van der Waals surface area contributed by atoms with E-state index >= 15 is 0 Å². The van der Waals surface area contributed by atoms with Crippen molar-refractivity contribution in [3.63, 3.8) is 0 Å². The highest BCUT2D eigenvalue weighted by molar-refractivity contribution is 6.30. The first-order chi connectivity index (χ1) is 13.0. The molecule has 2 aromatic heterocycles. The zero-order valence-corrected chi connectivity index (χ0v) is 15.7. The zero-order valence-electron chi connectivity index (χ0n) is 14.9. The van der Waals surface area contributed by atoms with Gasteiger partial charge in [0, 0.05) is 24.2 Å². The minimum Gasteiger partial charge on any atom is -0.339 e. The average molecular weight is 387 g/mol. The van der Waals surface area contributed by atoms with Crippen LogP contribution >= 0.6 is 11.6 Å². The quantitative estimate of drug-likeness (QED) is 0.691. The van der Waals surface area contributed by atoms with Crippen LogP contribution in [0.25, 0.3) is 11.4 Å². The highest BCUT2D eigenvalue weighted by atomic mass is 35.5. The Morgan fingerprint density at radius 3 is 2.63 bits per heavy atom. The van der Waals surface area contributed by atoms with E-state index < -0.39 is 0 Å². The first-order valence-corrected chi connectivity index (χ1v) is 9.34. The second-order valence-electron chi connectivity index (χ2n) is 6.72. The Morgan fingerprint density at radius 2 is 1.93 bits per heavy atom. The van der Waals surface area contributed by atoms with Gasteiger partial charge >= 0.3 is 5.69 Å². The van der Waals surface area contributed by atoms with Crippen LogP contribution in [0.15, 0.2) is 38.4 Å². The average Bonchev–Trinajstić information content (AvgIpc) is 2.93. The fourth-order valence-corrected chi connectivity index (χ4v) is 3.63. The van der Waals surface area contributed by atoms with E-state index in [1.54, 1.807) is 23.6 Å². The third-order valence-corrected chi connectivity index (χ3v) is 5.09. The fourth-order valence-electron chi connectivity index (χ4n) is 3.51. The Labute approximate surface area is 160 Å². The van der Waals surface area contributed by atoms with Crippen LogP contribution in [0, 0.1) is 6.92 Å². The van der Waals surface area contributed by atoms with Crippen LogP contribution < -0.4 is 11.2 Å². The SMILES string of the molecule is Cc1nc(-c2c3n(c(=O)n(Cc4ccc(Cl)cc4)c2=O)CCCCC3)no1. The second-order valence-corrected chi connectivity index (χ2v) is 7.16. The third kappa shape index (κ3) is 3.35. The van der Waals surface area contributed by atoms with Gasteiger partial charge in [0.25, 0.3) is 5.56 Å². The number of fused-ring (bicyclic) bond motifs is 1. The number of rotatable bonds is 3. The highest BCUT2D eigenvalue weighted by Gasteiger charge is 2.24. The third-order valence-electron chi connectivity index (χ3n) is 4.84. The van der Waals surface area contributed by atoms with Crippen LogP contribution in [0.2, 0.25) is 5.02 Å². The maximum atomic E-state index is 13.3. The molecule has 1 aliphatic rings. The summed E-state index contributed by atoms with van der Waals surface area (Å²) in [7, 11) is 0. The number of aromatic nitrogens is 4. The minimum absolute atomic E-state index is 0.166. The van der Waals surface area contributed by atoms with Crippen LogP contribution in [0.3, 0.4) is 0 Å². The summed E-state index contributed by atoms with van der Waals surface area (Å²) >= 11 is 5.94. The molecule has 27 heavy (non-hydrogen) atoms. The summed E-state index contributed by atoms with van der Waals surface area (Å²) < 4.78 is 8.04. The van der Waals surface area contributed by atoms with Crippen molar-refractivity contribution in [3.05, 3.63) is 67.3 Å². The Bertz CT molecular complexity index is 1100. The first-order valence-electron chi connectivity index (χ1n) is 8.96. The van der Waals surface area contributed by atoms with Gasteiger partial charge in [0.1, 0.15) is 5.56 Å². The van der Waals surface area contributed by atoms with Crippen LogP contribution in [0.4, 0.5) is 0 Å². The molecule has 0 bridgehead atoms. The van der Waals surface area contributed by atoms with Gasteiger partial charge in [-0.3, -0.25) is 13.9 Å². The van der Waals surface area contributed by atoms with E-state index in [1.165, 1.54) is 4.57 Å². The molecule has 3 aromatic rings. The normalized spacial score (nSPS) is 14.0. The van der Waals surface area contributed by atoms with E-state index in [4.69, 9.17) is 16.1 Å². The molecule has 0 saturated carbocycles. The molecule has 0 N–H and O–H groups in total. The van der Waals surface area contributed by atoms with E-state index in [9.17, 15) is 9.59 Å². The van der Waals surface area contributed by atoms with Crippen molar-refractivity contribution >= 4 is 11.6 Å². The number of hydrogen-bond acceptors (Lipinski definition) is 5. The lowest BCUT2D eigenvalue weighted by Gasteiger charge is -2.16. The molecule has 1 aromatic carbocycles. The summed E-state index contributed by atoms with van der Waals surface area (Å²) in [4.78, 5) is 30.6. The molecular formula is C19H19ClN4O3. The summed E-state index contributed by atoms with van der Waals surface area (Å²) in [5.74, 6) is 0.625. The lowest BCUT2D eigenvalue weighted by atomic mass is 10.1. The molecule has 3 heterocycles. The van der Waals surface area contributed by atoms with Gasteiger partial charge in [-0.15, -0.1) is 0 Å². The van der Waals surface area contributed by atoms with Crippen LogP contribution in [0.1, 0.15) is 36.4 Å². The van der Waals surface area contributed by atoms with Gasteiger partial charge in [0.05, 0.1) is 6.54 Å². The highest BCUT2D eigenvalue weighted by Crippen LogP contribution is 2.21. The molecule has 7 nitrogen and oxygen atoms in total. The van der Waals surface area contributed by atoms with E-state index in [-0.39, 0.29) is 23.6 Å². The Hall–Kier alpha value is -2.67. The van der Waals surface area contributed by atoms with Crippen molar-refractivity contribution in [3.8, 4) is 11.4 Å². The monoisotopic (exact) mass is 386 g/mol. The summed E-state index contributed by atoms with van der Waals surface area (Å²) in [6.07, 6.45) is 3.48. The Kier molecular flexibility index (Phi) is 4.70. The molecule has 0 radical (unpaired) electrons. The fraction of sp³-hybridized carbons (Fsp3) is 0.368. The van der Waals surface area contributed by atoms with Gasteiger partial charge in [-0.25, -0.2) is 4.79 Å². The maximum absolute atomic E-state index is 13.3. The maximum Gasteiger partial charge on any atom is 0.331 e. The molecule has 0 aliphatic carbocycles. The molecule has 0 atom stereocenters. The van der Waals surface area contributed by atoms with E-state index in [0.29, 0.717) is 35.1 Å². The van der Waals surface area contributed by atoms with Gasteiger partial charge in [0.2, 0.25) is 11.7 Å². The molecule has 0 fully saturated rings. The smallest absolute Gasteiger partial charge is 0.331 e. The van der Waals surface area contributed by atoms with Gasteiger partial charge in [-0.05, 0) is 37.0 Å². The van der Waals surface area contributed by atoms with Gasteiger partial charge in [0.15, 0.2) is 0 Å². The minimum atomic E-state index is -0.385. The van der Waals surface area contributed by atoms with Crippen molar-refractivity contribution in [2.24, 2.45) is 0 Å². The van der Waals surface area contributed by atoms with Crippen molar-refractivity contribution in [2.75, 3.05) is 0 Å². The molecule has 0 amide bonds. The molecule has 1 aliphatic heterocycles. The number of nitrogens with zero attached hydrogens (tertiary/aromatic N) is 4. The largest absolute Gasteiger partial charge is 0.339 e. The predicted molar refractivity (Wildman–Crippen MR) is 101 cm³/mol. The number of halogens is 1. The van der Waals surface area contributed by atoms with Gasteiger partial charge < -0.3 is 4.52 Å². The van der Waals surface area contributed by atoms with E-state index in [1.807, 2.05) is 12.1 Å². The zero-order chi connectivity index (χ0) is 19.0. The standard InChI is InChI=1S/C19H19ClN4O3/c1-12-21-17(22-27-12)16-15-5-3-2-4-10-23(15)19(26)24(18(16)25)11-13-6-8-14(20)9-7-13/h6-9H,2-5,10-11H2,1H3. The molecule has 8 heteroatoms. The van der Waals surface area contributed by atoms with E-state index in [0.717, 1.165) is 24.8 Å².